The molecule has 0 bridgehead atoms. The average Bonchev–Trinajstić information content (AvgIpc) is 2.25. The van der Waals surface area contributed by atoms with Crippen molar-refractivity contribution in [2.24, 2.45) is 0 Å². The lowest BCUT2D eigenvalue weighted by Crippen LogP contribution is -2.54. The molecule has 1 saturated heterocycles. The number of rotatable bonds is 2. The van der Waals surface area contributed by atoms with Crippen LogP contribution in [0.4, 0.5) is 11.5 Å². The number of hydrogen-bond donors (Lipinski definition) is 2. The number of morpholine rings is 1. The van der Waals surface area contributed by atoms with Gasteiger partial charge in [0.15, 0.2) is 0 Å². The first kappa shape index (κ1) is 13.4. The monoisotopic (exact) mass is 271 g/mol. The van der Waals surface area contributed by atoms with Gasteiger partial charge in [0.2, 0.25) is 0 Å². The van der Waals surface area contributed by atoms with Crippen LogP contribution in [0.3, 0.4) is 0 Å². The minimum Gasteiger partial charge on any atom is -0.399 e. The van der Waals surface area contributed by atoms with Gasteiger partial charge in [0, 0.05) is 24.8 Å². The summed E-state index contributed by atoms with van der Waals surface area (Å²) in [5.41, 5.74) is 6.00. The molecule has 1 fully saturated rings. The Balaban J connectivity index is 2.26. The van der Waals surface area contributed by atoms with E-state index in [9.17, 15) is 5.11 Å². The van der Waals surface area contributed by atoms with Gasteiger partial charge < -0.3 is 20.5 Å². The van der Waals surface area contributed by atoms with Crippen molar-refractivity contribution >= 4 is 23.1 Å². The lowest BCUT2D eigenvalue weighted by molar-refractivity contribution is -0.101. The van der Waals surface area contributed by atoms with Crippen molar-refractivity contribution < 1.29 is 9.84 Å². The molecule has 2 rings (SSSR count). The Morgan fingerprint density at radius 2 is 2.33 bits per heavy atom. The summed E-state index contributed by atoms with van der Waals surface area (Å²) in [6, 6.07) is 3.39. The number of ether oxygens (including phenoxy) is 1. The van der Waals surface area contributed by atoms with E-state index in [1.165, 1.54) is 0 Å². The number of nitrogens with two attached hydrogens (primary N) is 1. The second-order valence-corrected chi connectivity index (χ2v) is 5.53. The number of pyridine rings is 1. The third-order valence-corrected chi connectivity index (χ3v) is 3.01. The Labute approximate surface area is 112 Å². The van der Waals surface area contributed by atoms with Gasteiger partial charge in [-0.25, -0.2) is 4.98 Å². The molecule has 100 valence electrons. The molecule has 3 N–H and O–H groups in total. The zero-order valence-electron chi connectivity index (χ0n) is 10.6. The van der Waals surface area contributed by atoms with Crippen molar-refractivity contribution in [1.29, 1.82) is 0 Å². The number of halogens is 1. The Morgan fingerprint density at radius 1 is 1.61 bits per heavy atom. The summed E-state index contributed by atoms with van der Waals surface area (Å²) in [6.07, 6.45) is -0.226. The largest absolute Gasteiger partial charge is 0.399 e. The van der Waals surface area contributed by atoms with E-state index in [1.54, 1.807) is 12.1 Å². The summed E-state index contributed by atoms with van der Waals surface area (Å²) in [5.74, 6) is 0.717. The van der Waals surface area contributed by atoms with Crippen LogP contribution in [0.1, 0.15) is 13.8 Å². The normalized spacial score (nSPS) is 23.1. The van der Waals surface area contributed by atoms with E-state index in [1.807, 2.05) is 18.7 Å². The van der Waals surface area contributed by atoms with E-state index < -0.39 is 0 Å². The summed E-state index contributed by atoms with van der Waals surface area (Å²) >= 11 is 5.91. The molecule has 1 aromatic heterocycles. The topological polar surface area (TPSA) is 71.6 Å². The van der Waals surface area contributed by atoms with Gasteiger partial charge in [-0.3, -0.25) is 0 Å². The van der Waals surface area contributed by atoms with Crippen LogP contribution < -0.4 is 10.6 Å². The zero-order valence-corrected chi connectivity index (χ0v) is 11.3. The fourth-order valence-electron chi connectivity index (χ4n) is 2.23. The van der Waals surface area contributed by atoms with Crippen LogP contribution in [0.25, 0.3) is 0 Å². The maximum absolute atomic E-state index is 9.27. The molecule has 0 radical (unpaired) electrons. The number of nitrogens with zero attached hydrogens (tertiary/aromatic N) is 2. The third-order valence-electron chi connectivity index (χ3n) is 2.81. The highest BCUT2D eigenvalue weighted by atomic mass is 35.5. The summed E-state index contributed by atoms with van der Waals surface area (Å²) in [4.78, 5) is 6.30. The molecule has 1 atom stereocenters. The predicted molar refractivity (Wildman–Crippen MR) is 71.9 cm³/mol. The van der Waals surface area contributed by atoms with Crippen molar-refractivity contribution in [3.05, 3.63) is 17.3 Å². The highest BCUT2D eigenvalue weighted by Crippen LogP contribution is 2.27. The Kier molecular flexibility index (Phi) is 3.66. The smallest absolute Gasteiger partial charge is 0.133 e. The molecule has 1 aromatic rings. The third kappa shape index (κ3) is 3.04. The summed E-state index contributed by atoms with van der Waals surface area (Å²) in [6.45, 7) is 5.20. The number of hydrogen-bond acceptors (Lipinski definition) is 5. The van der Waals surface area contributed by atoms with Crippen LogP contribution in [-0.4, -0.2) is 41.5 Å². The maximum atomic E-state index is 9.27. The second kappa shape index (κ2) is 4.91. The number of anilines is 2. The molecular weight excluding hydrogens is 254 g/mol. The van der Waals surface area contributed by atoms with E-state index in [0.29, 0.717) is 23.9 Å². The van der Waals surface area contributed by atoms with Crippen LogP contribution >= 0.6 is 11.6 Å². The molecule has 5 nitrogen and oxygen atoms in total. The van der Waals surface area contributed by atoms with E-state index >= 15 is 0 Å². The van der Waals surface area contributed by atoms with Gasteiger partial charge in [-0.1, -0.05) is 11.6 Å². The zero-order chi connectivity index (χ0) is 13.3. The fraction of sp³-hybridized carbons (Fsp3) is 0.583. The number of aliphatic hydroxyl groups is 1. The minimum atomic E-state index is -0.343. The molecule has 18 heavy (non-hydrogen) atoms. The van der Waals surface area contributed by atoms with Crippen molar-refractivity contribution in [2.45, 2.75) is 25.6 Å². The summed E-state index contributed by atoms with van der Waals surface area (Å²) in [5, 5.41) is 9.64. The predicted octanol–water partition coefficient (Wildman–Crippen LogP) is 1.29. The molecule has 0 aliphatic carbocycles. The van der Waals surface area contributed by atoms with Gasteiger partial charge >= 0.3 is 0 Å². The van der Waals surface area contributed by atoms with Gasteiger partial charge in [-0.2, -0.15) is 0 Å². The van der Waals surface area contributed by atoms with E-state index in [-0.39, 0.29) is 18.3 Å². The molecule has 1 unspecified atom stereocenters. The van der Waals surface area contributed by atoms with Crippen molar-refractivity contribution in [1.82, 2.24) is 4.98 Å². The molecule has 1 aliphatic rings. The van der Waals surface area contributed by atoms with Gasteiger partial charge in [0.25, 0.3) is 0 Å². The quantitative estimate of drug-likeness (QED) is 0.793. The molecule has 0 saturated carbocycles. The maximum Gasteiger partial charge on any atom is 0.133 e. The van der Waals surface area contributed by atoms with Crippen LogP contribution in [0.5, 0.6) is 0 Å². The fourth-order valence-corrected chi connectivity index (χ4v) is 2.44. The number of aliphatic hydroxyl groups excluding tert-OH is 1. The molecule has 0 aromatic carbocycles. The molecule has 6 heteroatoms. The first-order valence-electron chi connectivity index (χ1n) is 5.86. The van der Waals surface area contributed by atoms with Gasteiger partial charge in [-0.05, 0) is 19.9 Å². The van der Waals surface area contributed by atoms with E-state index in [4.69, 9.17) is 22.1 Å². The molecule has 2 heterocycles. The Hall–Kier alpha value is -1.04. The Morgan fingerprint density at radius 3 is 2.94 bits per heavy atom. The van der Waals surface area contributed by atoms with Crippen LogP contribution in [0, 0.1) is 0 Å². The van der Waals surface area contributed by atoms with E-state index in [2.05, 4.69) is 4.98 Å². The highest BCUT2D eigenvalue weighted by molar-refractivity contribution is 6.29. The van der Waals surface area contributed by atoms with Crippen molar-refractivity contribution in [3.8, 4) is 0 Å². The molecule has 0 amide bonds. The number of nitrogen functional groups attached to an aromatic ring is 1. The molecule has 0 spiro atoms. The van der Waals surface area contributed by atoms with Crippen molar-refractivity contribution in [2.75, 3.05) is 30.3 Å². The first-order chi connectivity index (χ1) is 8.39. The van der Waals surface area contributed by atoms with Crippen molar-refractivity contribution in [3.63, 3.8) is 0 Å². The van der Waals surface area contributed by atoms with Gasteiger partial charge in [-0.15, -0.1) is 0 Å². The second-order valence-electron chi connectivity index (χ2n) is 5.14. The van der Waals surface area contributed by atoms with Crippen LogP contribution in [0.15, 0.2) is 12.1 Å². The van der Waals surface area contributed by atoms with Gasteiger partial charge in [0.1, 0.15) is 11.0 Å². The Bertz CT molecular complexity index is 419. The first-order valence-corrected chi connectivity index (χ1v) is 6.24. The lowest BCUT2D eigenvalue weighted by Gasteiger charge is -2.42. The lowest BCUT2D eigenvalue weighted by atomic mass is 10.1. The van der Waals surface area contributed by atoms with Gasteiger partial charge in [0.05, 0.1) is 18.3 Å². The van der Waals surface area contributed by atoms with Crippen LogP contribution in [-0.2, 0) is 4.74 Å². The average molecular weight is 272 g/mol. The van der Waals surface area contributed by atoms with E-state index in [0.717, 1.165) is 5.82 Å². The highest BCUT2D eigenvalue weighted by Gasteiger charge is 2.33. The SMILES string of the molecule is CC1(C)CN(c2cc(N)cc(Cl)n2)CC(CO)O1. The number of aromatic nitrogens is 1. The summed E-state index contributed by atoms with van der Waals surface area (Å²) in [7, 11) is 0. The standard InChI is InChI=1S/C12H18ClN3O2/c1-12(2)7-16(5-9(6-17)18-12)11-4-8(14)3-10(13)15-11/h3-4,9,17H,5-7H2,1-2H3,(H2,14,15). The minimum absolute atomic E-state index is 0.0179. The van der Waals surface area contributed by atoms with Crippen LogP contribution in [0.2, 0.25) is 5.15 Å². The summed E-state index contributed by atoms with van der Waals surface area (Å²) < 4.78 is 5.75. The molecular formula is C12H18ClN3O2. The molecule has 1 aliphatic heterocycles.